The molecule has 0 atom stereocenters. The maximum Gasteiger partial charge on any atom is 0.292 e. The van der Waals surface area contributed by atoms with Crippen LogP contribution < -0.4 is 10.6 Å². The second-order valence-corrected chi connectivity index (χ2v) is 5.36. The molecule has 0 heterocycles. The Morgan fingerprint density at radius 3 is 2.76 bits per heavy atom. The molecule has 1 aliphatic carbocycles. The van der Waals surface area contributed by atoms with Crippen LogP contribution in [0.5, 0.6) is 0 Å². The van der Waals surface area contributed by atoms with Gasteiger partial charge in [0.05, 0.1) is 4.92 Å². The zero-order chi connectivity index (χ0) is 15.2. The maximum atomic E-state index is 11.8. The van der Waals surface area contributed by atoms with Gasteiger partial charge < -0.3 is 10.6 Å². The summed E-state index contributed by atoms with van der Waals surface area (Å²) < 4.78 is 0. The first-order chi connectivity index (χ1) is 10.1. The van der Waals surface area contributed by atoms with Gasteiger partial charge in [-0.25, -0.2) is 0 Å². The standard InChI is InChI=1S/C15H21N3O3/c1-2-16-15(19)12-6-7-14(18(20)21)13(10-12)17-9-8-11-4-3-5-11/h6-7,10-11,17H,2-5,8-9H2,1H3,(H,16,19). The van der Waals surface area contributed by atoms with Gasteiger partial charge in [0, 0.05) is 24.7 Å². The summed E-state index contributed by atoms with van der Waals surface area (Å²) in [6.07, 6.45) is 4.81. The molecule has 0 bridgehead atoms. The molecule has 0 aromatic heterocycles. The van der Waals surface area contributed by atoms with Crippen molar-refractivity contribution in [3.63, 3.8) is 0 Å². The van der Waals surface area contributed by atoms with E-state index < -0.39 is 4.92 Å². The van der Waals surface area contributed by atoms with E-state index in [1.165, 1.54) is 31.4 Å². The molecule has 6 heteroatoms. The average molecular weight is 291 g/mol. The van der Waals surface area contributed by atoms with E-state index in [-0.39, 0.29) is 11.6 Å². The van der Waals surface area contributed by atoms with Crippen LogP contribution >= 0.6 is 0 Å². The number of hydrogen-bond acceptors (Lipinski definition) is 4. The zero-order valence-electron chi connectivity index (χ0n) is 12.2. The van der Waals surface area contributed by atoms with Gasteiger partial charge in [0.2, 0.25) is 0 Å². The molecule has 1 aromatic carbocycles. The molecule has 2 N–H and O–H groups in total. The predicted molar refractivity (Wildman–Crippen MR) is 81.6 cm³/mol. The molecular weight excluding hydrogens is 270 g/mol. The fourth-order valence-corrected chi connectivity index (χ4v) is 2.43. The topological polar surface area (TPSA) is 84.3 Å². The van der Waals surface area contributed by atoms with Crippen LogP contribution in [0.4, 0.5) is 11.4 Å². The molecule has 2 rings (SSSR count). The van der Waals surface area contributed by atoms with Gasteiger partial charge >= 0.3 is 0 Å². The fraction of sp³-hybridized carbons (Fsp3) is 0.533. The minimum atomic E-state index is -0.423. The summed E-state index contributed by atoms with van der Waals surface area (Å²) in [5.41, 5.74) is 0.869. The summed E-state index contributed by atoms with van der Waals surface area (Å²) in [6, 6.07) is 4.43. The van der Waals surface area contributed by atoms with Crippen molar-refractivity contribution in [1.29, 1.82) is 0 Å². The van der Waals surface area contributed by atoms with Gasteiger partial charge in [0.15, 0.2) is 0 Å². The monoisotopic (exact) mass is 291 g/mol. The average Bonchev–Trinajstić information content (AvgIpc) is 2.41. The van der Waals surface area contributed by atoms with Gasteiger partial charge in [0.1, 0.15) is 5.69 Å². The van der Waals surface area contributed by atoms with Crippen LogP contribution in [0, 0.1) is 16.0 Å². The van der Waals surface area contributed by atoms with Crippen LogP contribution in [0.3, 0.4) is 0 Å². The Morgan fingerprint density at radius 2 is 2.19 bits per heavy atom. The lowest BCUT2D eigenvalue weighted by atomic mass is 9.83. The maximum absolute atomic E-state index is 11.8. The van der Waals surface area contributed by atoms with Gasteiger partial charge in [-0.05, 0) is 31.4 Å². The molecule has 0 unspecified atom stereocenters. The van der Waals surface area contributed by atoms with Crippen molar-refractivity contribution in [3.8, 4) is 0 Å². The SMILES string of the molecule is CCNC(=O)c1ccc([N+](=O)[O-])c(NCCC2CCC2)c1. The molecule has 0 aliphatic heterocycles. The number of hydrogen-bond donors (Lipinski definition) is 2. The molecule has 21 heavy (non-hydrogen) atoms. The first kappa shape index (κ1) is 15.3. The number of carbonyl (C=O) groups excluding carboxylic acids is 1. The normalized spacial score (nSPS) is 14.3. The van der Waals surface area contributed by atoms with Crippen LogP contribution in [0.15, 0.2) is 18.2 Å². The van der Waals surface area contributed by atoms with E-state index >= 15 is 0 Å². The van der Waals surface area contributed by atoms with E-state index in [0.717, 1.165) is 12.3 Å². The Morgan fingerprint density at radius 1 is 1.43 bits per heavy atom. The zero-order valence-corrected chi connectivity index (χ0v) is 12.2. The summed E-state index contributed by atoms with van der Waals surface area (Å²) in [5, 5.41) is 16.9. The summed E-state index contributed by atoms with van der Waals surface area (Å²) in [5.74, 6) is 0.526. The Balaban J connectivity index is 2.07. The predicted octanol–water partition coefficient (Wildman–Crippen LogP) is 2.95. The Bertz CT molecular complexity index is 527. The fourth-order valence-electron chi connectivity index (χ4n) is 2.43. The molecular formula is C15H21N3O3. The van der Waals surface area contributed by atoms with Crippen LogP contribution in [0.1, 0.15) is 43.0 Å². The lowest BCUT2D eigenvalue weighted by Crippen LogP contribution is -2.23. The van der Waals surface area contributed by atoms with Crippen molar-refractivity contribution in [2.75, 3.05) is 18.4 Å². The third-order valence-corrected chi connectivity index (χ3v) is 3.89. The highest BCUT2D eigenvalue weighted by Crippen LogP contribution is 2.30. The van der Waals surface area contributed by atoms with Crippen LogP contribution in [-0.2, 0) is 0 Å². The molecule has 1 fully saturated rings. The van der Waals surface area contributed by atoms with Crippen LogP contribution in [0.25, 0.3) is 0 Å². The number of nitrogens with zero attached hydrogens (tertiary/aromatic N) is 1. The smallest absolute Gasteiger partial charge is 0.292 e. The number of rotatable bonds is 7. The van der Waals surface area contributed by atoms with Crippen molar-refractivity contribution in [2.45, 2.75) is 32.6 Å². The summed E-state index contributed by atoms with van der Waals surface area (Å²) in [6.45, 7) is 3.06. The summed E-state index contributed by atoms with van der Waals surface area (Å²) >= 11 is 0. The van der Waals surface area contributed by atoms with Crippen molar-refractivity contribution in [3.05, 3.63) is 33.9 Å². The van der Waals surface area contributed by atoms with E-state index in [1.807, 2.05) is 6.92 Å². The highest BCUT2D eigenvalue weighted by molar-refractivity contribution is 5.95. The quantitative estimate of drug-likeness (QED) is 0.597. The van der Waals surface area contributed by atoms with Crippen LogP contribution in [0.2, 0.25) is 0 Å². The first-order valence-electron chi connectivity index (χ1n) is 7.42. The van der Waals surface area contributed by atoms with Crippen molar-refractivity contribution in [2.24, 2.45) is 5.92 Å². The van der Waals surface area contributed by atoms with Gasteiger partial charge in [-0.1, -0.05) is 19.3 Å². The molecule has 1 saturated carbocycles. The first-order valence-corrected chi connectivity index (χ1v) is 7.42. The lowest BCUT2D eigenvalue weighted by molar-refractivity contribution is -0.384. The third kappa shape index (κ3) is 3.93. The molecule has 114 valence electrons. The molecule has 0 spiro atoms. The van der Waals surface area contributed by atoms with E-state index in [4.69, 9.17) is 0 Å². The minimum Gasteiger partial charge on any atom is -0.379 e. The number of nitro benzene ring substituents is 1. The Labute approximate surface area is 124 Å². The van der Waals surface area contributed by atoms with E-state index in [1.54, 1.807) is 6.07 Å². The van der Waals surface area contributed by atoms with Crippen molar-refractivity contribution < 1.29 is 9.72 Å². The Kier molecular flexibility index (Phi) is 5.14. The highest BCUT2D eigenvalue weighted by Gasteiger charge is 2.19. The van der Waals surface area contributed by atoms with E-state index in [9.17, 15) is 14.9 Å². The van der Waals surface area contributed by atoms with Gasteiger partial charge in [-0.15, -0.1) is 0 Å². The Hall–Kier alpha value is -2.11. The van der Waals surface area contributed by atoms with E-state index in [2.05, 4.69) is 10.6 Å². The third-order valence-electron chi connectivity index (χ3n) is 3.89. The van der Waals surface area contributed by atoms with E-state index in [0.29, 0.717) is 24.3 Å². The molecule has 6 nitrogen and oxygen atoms in total. The number of anilines is 1. The van der Waals surface area contributed by atoms with Gasteiger partial charge in [-0.3, -0.25) is 14.9 Å². The lowest BCUT2D eigenvalue weighted by Gasteiger charge is -2.25. The highest BCUT2D eigenvalue weighted by atomic mass is 16.6. The minimum absolute atomic E-state index is 0.0108. The van der Waals surface area contributed by atoms with Crippen molar-refractivity contribution in [1.82, 2.24) is 5.32 Å². The molecule has 1 aromatic rings. The number of carbonyl (C=O) groups is 1. The number of benzene rings is 1. The largest absolute Gasteiger partial charge is 0.379 e. The van der Waals surface area contributed by atoms with Crippen LogP contribution in [-0.4, -0.2) is 23.9 Å². The number of nitro groups is 1. The van der Waals surface area contributed by atoms with Gasteiger partial charge in [-0.2, -0.15) is 0 Å². The molecule has 0 saturated heterocycles. The molecule has 1 amide bonds. The van der Waals surface area contributed by atoms with Crippen molar-refractivity contribution >= 4 is 17.3 Å². The number of nitrogens with one attached hydrogen (secondary N) is 2. The number of amides is 1. The summed E-state index contributed by atoms with van der Waals surface area (Å²) in [7, 11) is 0. The second kappa shape index (κ2) is 7.06. The molecule has 1 aliphatic rings. The second-order valence-electron chi connectivity index (χ2n) is 5.36. The van der Waals surface area contributed by atoms with Gasteiger partial charge in [0.25, 0.3) is 11.6 Å². The summed E-state index contributed by atoms with van der Waals surface area (Å²) in [4.78, 5) is 22.4. The molecule has 0 radical (unpaired) electrons.